The number of nitrogens with zero attached hydrogens (tertiary/aromatic N) is 1. The normalized spacial score (nSPS) is 37.7. The first kappa shape index (κ1) is 12.0. The van der Waals surface area contributed by atoms with Gasteiger partial charge in [-0.3, -0.25) is 9.59 Å². The van der Waals surface area contributed by atoms with Crippen molar-refractivity contribution in [3.05, 3.63) is 41.4 Å². The van der Waals surface area contributed by atoms with Gasteiger partial charge in [-0.2, -0.15) is 0 Å². The van der Waals surface area contributed by atoms with Crippen molar-refractivity contribution in [2.45, 2.75) is 12.8 Å². The number of amides is 2. The van der Waals surface area contributed by atoms with Crippen LogP contribution < -0.4 is 4.90 Å². The second-order valence-corrected chi connectivity index (χ2v) is 7.09. The van der Waals surface area contributed by atoms with E-state index in [4.69, 9.17) is 11.6 Å². The van der Waals surface area contributed by atoms with Crippen LogP contribution in [0.5, 0.6) is 0 Å². The molecule has 3 aliphatic carbocycles. The lowest BCUT2D eigenvalue weighted by molar-refractivity contribution is -0.123. The van der Waals surface area contributed by atoms with Crippen molar-refractivity contribution in [1.82, 2.24) is 0 Å². The van der Waals surface area contributed by atoms with Crippen LogP contribution in [0.3, 0.4) is 0 Å². The maximum Gasteiger partial charge on any atom is 0.238 e. The molecule has 4 unspecified atom stereocenters. The van der Waals surface area contributed by atoms with E-state index in [0.29, 0.717) is 10.7 Å². The number of halogens is 1. The quantitative estimate of drug-likeness (QED) is 0.590. The summed E-state index contributed by atoms with van der Waals surface area (Å²) in [6.45, 7) is 0. The molecule has 2 amide bonds. The van der Waals surface area contributed by atoms with Crippen molar-refractivity contribution in [3.8, 4) is 0 Å². The molecule has 4 aliphatic rings. The van der Waals surface area contributed by atoms with Crippen molar-refractivity contribution < 1.29 is 9.59 Å². The molecule has 21 heavy (non-hydrogen) atoms. The van der Waals surface area contributed by atoms with Gasteiger partial charge in [0, 0.05) is 0 Å². The SMILES string of the molecule is O=C1C2C(C(=O)N1c1ccccc1Cl)C1C=CC2C12CC2. The lowest BCUT2D eigenvalue weighted by atomic mass is 9.85. The zero-order valence-electron chi connectivity index (χ0n) is 11.3. The number of rotatable bonds is 1. The molecule has 0 N–H and O–H groups in total. The molecule has 1 aliphatic heterocycles. The molecular weight excluding hydrogens is 286 g/mol. The molecule has 1 saturated heterocycles. The van der Waals surface area contributed by atoms with Crippen LogP contribution in [0.1, 0.15) is 12.8 Å². The molecule has 2 bridgehead atoms. The Bertz CT molecular complexity index is 687. The summed E-state index contributed by atoms with van der Waals surface area (Å²) in [6, 6.07) is 7.09. The zero-order chi connectivity index (χ0) is 14.4. The van der Waals surface area contributed by atoms with Gasteiger partial charge in [0.2, 0.25) is 11.8 Å². The van der Waals surface area contributed by atoms with Gasteiger partial charge in [-0.25, -0.2) is 4.90 Å². The number of hydrogen-bond donors (Lipinski definition) is 0. The van der Waals surface area contributed by atoms with Gasteiger partial charge in [0.15, 0.2) is 0 Å². The number of imide groups is 1. The standard InChI is InChI=1S/C17H14ClNO2/c18-11-3-1-2-4-12(11)19-15(20)13-9-5-6-10(14(13)16(19)21)17(9)7-8-17/h1-6,9-10,13-14H,7-8H2. The Kier molecular flexibility index (Phi) is 2.05. The van der Waals surface area contributed by atoms with Crippen LogP contribution in [0, 0.1) is 29.1 Å². The minimum atomic E-state index is -0.161. The van der Waals surface area contributed by atoms with Crippen molar-refractivity contribution in [2.24, 2.45) is 29.1 Å². The molecule has 1 heterocycles. The number of carbonyl (C=O) groups excluding carboxylic acids is 2. The number of hydrogen-bond acceptors (Lipinski definition) is 2. The Morgan fingerprint density at radius 1 is 1.00 bits per heavy atom. The van der Waals surface area contributed by atoms with Crippen LogP contribution in [-0.4, -0.2) is 11.8 Å². The summed E-state index contributed by atoms with van der Waals surface area (Å²) < 4.78 is 0. The highest BCUT2D eigenvalue weighted by molar-refractivity contribution is 6.36. The molecule has 1 aromatic rings. The number of para-hydroxylation sites is 1. The fourth-order valence-corrected chi connectivity index (χ4v) is 5.17. The zero-order valence-corrected chi connectivity index (χ0v) is 12.1. The maximum atomic E-state index is 12.9. The molecule has 2 saturated carbocycles. The van der Waals surface area contributed by atoms with Gasteiger partial charge < -0.3 is 0 Å². The number of fused-ring (bicyclic) bond motifs is 3. The van der Waals surface area contributed by atoms with E-state index in [9.17, 15) is 9.59 Å². The first-order valence-corrected chi connectivity index (χ1v) is 7.84. The summed E-state index contributed by atoms with van der Waals surface area (Å²) in [6.07, 6.45) is 6.68. The van der Waals surface area contributed by atoms with Crippen LogP contribution >= 0.6 is 11.6 Å². The minimum absolute atomic E-state index is 0.0544. The highest BCUT2D eigenvalue weighted by atomic mass is 35.5. The highest BCUT2D eigenvalue weighted by Gasteiger charge is 2.73. The lowest BCUT2D eigenvalue weighted by Gasteiger charge is -2.22. The second-order valence-electron chi connectivity index (χ2n) is 6.68. The third-order valence-corrected chi connectivity index (χ3v) is 6.27. The fourth-order valence-electron chi connectivity index (χ4n) is 4.95. The lowest BCUT2D eigenvalue weighted by Crippen LogP contribution is -2.34. The summed E-state index contributed by atoms with van der Waals surface area (Å²) >= 11 is 6.19. The van der Waals surface area contributed by atoms with Gasteiger partial charge in [-0.05, 0) is 42.2 Å². The molecule has 4 atom stereocenters. The third kappa shape index (κ3) is 1.23. The third-order valence-electron chi connectivity index (χ3n) is 5.95. The predicted molar refractivity (Wildman–Crippen MR) is 78.7 cm³/mol. The van der Waals surface area contributed by atoms with Crippen LogP contribution in [0.15, 0.2) is 36.4 Å². The highest BCUT2D eigenvalue weighted by Crippen LogP contribution is 2.73. The number of anilines is 1. The molecule has 5 rings (SSSR count). The van der Waals surface area contributed by atoms with E-state index in [1.54, 1.807) is 12.1 Å². The molecule has 1 spiro atoms. The molecule has 0 radical (unpaired) electrons. The van der Waals surface area contributed by atoms with E-state index < -0.39 is 0 Å². The van der Waals surface area contributed by atoms with Crippen LogP contribution in [-0.2, 0) is 9.59 Å². The van der Waals surface area contributed by atoms with Crippen molar-refractivity contribution >= 4 is 29.1 Å². The molecule has 1 aromatic carbocycles. The Morgan fingerprint density at radius 2 is 1.57 bits per heavy atom. The van der Waals surface area contributed by atoms with Gasteiger partial charge in [0.1, 0.15) is 0 Å². The van der Waals surface area contributed by atoms with E-state index in [-0.39, 0.29) is 40.9 Å². The van der Waals surface area contributed by atoms with E-state index in [1.807, 2.05) is 12.1 Å². The summed E-state index contributed by atoms with van der Waals surface area (Å²) in [7, 11) is 0. The Labute approximate surface area is 127 Å². The number of carbonyl (C=O) groups is 2. The first-order valence-electron chi connectivity index (χ1n) is 7.46. The van der Waals surface area contributed by atoms with Crippen LogP contribution in [0.25, 0.3) is 0 Å². The van der Waals surface area contributed by atoms with Gasteiger partial charge in [0.05, 0.1) is 22.5 Å². The fraction of sp³-hybridized carbons (Fsp3) is 0.412. The molecule has 106 valence electrons. The molecule has 0 aromatic heterocycles. The number of allylic oxidation sites excluding steroid dienone is 2. The molecular formula is C17H14ClNO2. The Hall–Kier alpha value is -1.61. The van der Waals surface area contributed by atoms with E-state index >= 15 is 0 Å². The Balaban J connectivity index is 1.61. The first-order chi connectivity index (χ1) is 10.1. The number of benzene rings is 1. The average Bonchev–Trinajstić information content (AvgIpc) is 3.07. The van der Waals surface area contributed by atoms with E-state index in [0.717, 1.165) is 12.8 Å². The maximum absolute atomic E-state index is 12.9. The Morgan fingerprint density at radius 3 is 2.10 bits per heavy atom. The van der Waals surface area contributed by atoms with Gasteiger partial charge in [-0.15, -0.1) is 0 Å². The predicted octanol–water partition coefficient (Wildman–Crippen LogP) is 3.04. The summed E-state index contributed by atoms with van der Waals surface area (Å²) in [5, 5.41) is 0.459. The van der Waals surface area contributed by atoms with Crippen molar-refractivity contribution in [1.29, 1.82) is 0 Å². The van der Waals surface area contributed by atoms with Crippen LogP contribution in [0.4, 0.5) is 5.69 Å². The second kappa shape index (κ2) is 3.58. The van der Waals surface area contributed by atoms with E-state index in [1.165, 1.54) is 4.90 Å². The van der Waals surface area contributed by atoms with Gasteiger partial charge >= 0.3 is 0 Å². The molecule has 3 fully saturated rings. The summed E-state index contributed by atoms with van der Waals surface area (Å²) in [4.78, 5) is 27.1. The van der Waals surface area contributed by atoms with E-state index in [2.05, 4.69) is 12.2 Å². The van der Waals surface area contributed by atoms with Crippen LogP contribution in [0.2, 0.25) is 5.02 Å². The van der Waals surface area contributed by atoms with Crippen molar-refractivity contribution in [3.63, 3.8) is 0 Å². The molecule has 3 nitrogen and oxygen atoms in total. The summed E-state index contributed by atoms with van der Waals surface area (Å²) in [5.74, 6) is 0.0906. The minimum Gasteiger partial charge on any atom is -0.274 e. The monoisotopic (exact) mass is 299 g/mol. The topological polar surface area (TPSA) is 37.4 Å². The largest absolute Gasteiger partial charge is 0.274 e. The molecule has 4 heteroatoms. The average molecular weight is 300 g/mol. The van der Waals surface area contributed by atoms with Gasteiger partial charge in [-0.1, -0.05) is 35.9 Å². The van der Waals surface area contributed by atoms with Crippen molar-refractivity contribution in [2.75, 3.05) is 4.90 Å². The smallest absolute Gasteiger partial charge is 0.238 e. The summed E-state index contributed by atoms with van der Waals surface area (Å²) in [5.41, 5.74) is 0.778. The van der Waals surface area contributed by atoms with Gasteiger partial charge in [0.25, 0.3) is 0 Å².